The summed E-state index contributed by atoms with van der Waals surface area (Å²) >= 11 is 2.98. The normalized spacial score (nSPS) is 11.6. The Bertz CT molecular complexity index is 850. The summed E-state index contributed by atoms with van der Waals surface area (Å²) in [6.07, 6.45) is 2.52. The van der Waals surface area contributed by atoms with Crippen LogP contribution in [-0.2, 0) is 12.2 Å². The zero-order chi connectivity index (χ0) is 15.7. The maximum Gasteiger partial charge on any atom is 0.275 e. The molecular formula is C13H16N6OS2. The Balaban J connectivity index is 1.85. The maximum atomic E-state index is 12.1. The molecule has 9 heteroatoms. The fourth-order valence-electron chi connectivity index (χ4n) is 1.94. The van der Waals surface area contributed by atoms with Crippen LogP contribution in [0.3, 0.4) is 0 Å². The van der Waals surface area contributed by atoms with Gasteiger partial charge in [0.25, 0.3) is 5.56 Å². The first-order valence-corrected chi connectivity index (χ1v) is 8.79. The van der Waals surface area contributed by atoms with E-state index in [1.807, 2.05) is 11.5 Å². The van der Waals surface area contributed by atoms with Crippen LogP contribution in [0, 0.1) is 0 Å². The number of hydrogen-bond donors (Lipinski definition) is 0. The van der Waals surface area contributed by atoms with Gasteiger partial charge in [0, 0.05) is 17.9 Å². The first-order valence-electron chi connectivity index (χ1n) is 6.99. The van der Waals surface area contributed by atoms with Crippen LogP contribution in [0.2, 0.25) is 0 Å². The zero-order valence-electron chi connectivity index (χ0n) is 12.6. The van der Waals surface area contributed by atoms with Crippen molar-refractivity contribution in [3.05, 3.63) is 33.4 Å². The van der Waals surface area contributed by atoms with Gasteiger partial charge in [0.1, 0.15) is 11.3 Å². The highest BCUT2D eigenvalue weighted by molar-refractivity contribution is 7.98. The van der Waals surface area contributed by atoms with E-state index < -0.39 is 0 Å². The van der Waals surface area contributed by atoms with Gasteiger partial charge in [-0.25, -0.2) is 4.98 Å². The lowest BCUT2D eigenvalue weighted by Crippen LogP contribution is -2.15. The van der Waals surface area contributed by atoms with E-state index in [1.165, 1.54) is 33.7 Å². The number of nitrogens with zero attached hydrogens (tertiary/aromatic N) is 6. The van der Waals surface area contributed by atoms with Crippen molar-refractivity contribution in [2.45, 2.75) is 44.1 Å². The monoisotopic (exact) mass is 336 g/mol. The van der Waals surface area contributed by atoms with Crippen molar-refractivity contribution in [3.63, 3.8) is 0 Å². The summed E-state index contributed by atoms with van der Waals surface area (Å²) in [7, 11) is 0. The largest absolute Gasteiger partial charge is 0.306 e. The quantitative estimate of drug-likeness (QED) is 0.665. The van der Waals surface area contributed by atoms with Gasteiger partial charge in [-0.15, -0.1) is 10.2 Å². The van der Waals surface area contributed by atoms with E-state index in [-0.39, 0.29) is 5.56 Å². The second-order valence-corrected chi connectivity index (χ2v) is 7.02. The molecule has 0 fully saturated rings. The Labute approximate surface area is 135 Å². The second kappa shape index (κ2) is 6.17. The third kappa shape index (κ3) is 2.91. The van der Waals surface area contributed by atoms with Crippen LogP contribution in [0.15, 0.2) is 22.3 Å². The predicted molar refractivity (Wildman–Crippen MR) is 86.5 cm³/mol. The number of aryl methyl sites for hydroxylation is 1. The van der Waals surface area contributed by atoms with Crippen LogP contribution < -0.4 is 5.56 Å². The molecule has 0 bridgehead atoms. The minimum Gasteiger partial charge on any atom is -0.306 e. The summed E-state index contributed by atoms with van der Waals surface area (Å²) in [6.45, 7) is 6.17. The molecule has 0 atom stereocenters. The van der Waals surface area contributed by atoms with Gasteiger partial charge in [-0.3, -0.25) is 4.79 Å². The van der Waals surface area contributed by atoms with Crippen molar-refractivity contribution < 1.29 is 0 Å². The molecule has 0 aliphatic rings. The molecule has 0 amide bonds. The smallest absolute Gasteiger partial charge is 0.275 e. The lowest BCUT2D eigenvalue weighted by molar-refractivity contribution is 0.549. The Hall–Kier alpha value is -1.74. The number of hydrogen-bond acceptors (Lipinski definition) is 7. The first kappa shape index (κ1) is 15.2. The van der Waals surface area contributed by atoms with Gasteiger partial charge < -0.3 is 4.57 Å². The lowest BCUT2D eigenvalue weighted by Gasteiger charge is -2.08. The van der Waals surface area contributed by atoms with Crippen LogP contribution in [0.4, 0.5) is 0 Å². The highest BCUT2D eigenvalue weighted by Gasteiger charge is 2.11. The highest BCUT2D eigenvalue weighted by Crippen LogP contribution is 2.22. The molecule has 0 spiro atoms. The number of fused-ring (bicyclic) bond motifs is 1. The number of rotatable bonds is 5. The summed E-state index contributed by atoms with van der Waals surface area (Å²) in [6, 6.07) is 1.84. The molecule has 7 nitrogen and oxygen atoms in total. The van der Waals surface area contributed by atoms with Crippen molar-refractivity contribution in [2.24, 2.45) is 0 Å². The van der Waals surface area contributed by atoms with Gasteiger partial charge >= 0.3 is 0 Å². The van der Waals surface area contributed by atoms with Crippen LogP contribution in [0.1, 0.15) is 37.5 Å². The molecule has 116 valence electrons. The SMILES string of the molecule is CCc1nn2c(=O)cc(CSc3nncn3C(C)C)nc2s1. The minimum absolute atomic E-state index is 0.137. The standard InChI is InChI=1S/C13H16N6OS2/c1-4-10-17-19-11(20)5-9(15-12(19)22-10)6-21-13-16-14-7-18(13)8(2)3/h5,7-8H,4,6H2,1-3H3. The fourth-order valence-corrected chi connectivity index (χ4v) is 3.74. The molecule has 3 rings (SSSR count). The molecule has 0 unspecified atom stereocenters. The van der Waals surface area contributed by atoms with Crippen molar-refractivity contribution >= 4 is 28.1 Å². The lowest BCUT2D eigenvalue weighted by atomic mass is 10.4. The second-order valence-electron chi connectivity index (χ2n) is 5.03. The fraction of sp³-hybridized carbons (Fsp3) is 0.462. The first-order chi connectivity index (χ1) is 10.6. The Morgan fingerprint density at radius 1 is 1.41 bits per heavy atom. The topological polar surface area (TPSA) is 78.0 Å². The summed E-state index contributed by atoms with van der Waals surface area (Å²) in [5.41, 5.74) is 0.599. The van der Waals surface area contributed by atoms with E-state index in [0.717, 1.165) is 22.3 Å². The average molecular weight is 336 g/mol. The third-order valence-corrected chi connectivity index (χ3v) is 5.13. The van der Waals surface area contributed by atoms with E-state index in [9.17, 15) is 4.79 Å². The Morgan fingerprint density at radius 3 is 2.95 bits per heavy atom. The van der Waals surface area contributed by atoms with E-state index in [0.29, 0.717) is 16.8 Å². The molecule has 0 saturated carbocycles. The van der Waals surface area contributed by atoms with Crippen molar-refractivity contribution in [2.75, 3.05) is 0 Å². The van der Waals surface area contributed by atoms with Gasteiger partial charge in [-0.05, 0) is 20.3 Å². The molecule has 0 saturated heterocycles. The molecular weight excluding hydrogens is 320 g/mol. The minimum atomic E-state index is -0.137. The molecule has 0 radical (unpaired) electrons. The highest BCUT2D eigenvalue weighted by atomic mass is 32.2. The van der Waals surface area contributed by atoms with Crippen LogP contribution >= 0.6 is 23.1 Å². The van der Waals surface area contributed by atoms with E-state index >= 15 is 0 Å². The van der Waals surface area contributed by atoms with Crippen LogP contribution in [0.5, 0.6) is 0 Å². The van der Waals surface area contributed by atoms with E-state index in [4.69, 9.17) is 0 Å². The van der Waals surface area contributed by atoms with Crippen LogP contribution in [-0.4, -0.2) is 29.4 Å². The number of thioether (sulfide) groups is 1. The Kier molecular flexibility index (Phi) is 4.25. The van der Waals surface area contributed by atoms with Gasteiger partial charge in [0.05, 0.1) is 5.69 Å². The maximum absolute atomic E-state index is 12.1. The predicted octanol–water partition coefficient (Wildman–Crippen LogP) is 2.18. The van der Waals surface area contributed by atoms with Crippen LogP contribution in [0.25, 0.3) is 4.96 Å². The summed E-state index contributed by atoms with van der Waals surface area (Å²) < 4.78 is 3.37. The van der Waals surface area contributed by atoms with Gasteiger partial charge in [0.2, 0.25) is 4.96 Å². The van der Waals surface area contributed by atoms with Gasteiger partial charge in [-0.2, -0.15) is 9.61 Å². The molecule has 0 N–H and O–H groups in total. The molecule has 0 aliphatic heterocycles. The number of aromatic nitrogens is 6. The molecule has 0 aliphatic carbocycles. The Morgan fingerprint density at radius 2 is 2.23 bits per heavy atom. The molecule has 3 aromatic rings. The third-order valence-electron chi connectivity index (χ3n) is 3.09. The molecule has 3 heterocycles. The average Bonchev–Trinajstić information content (AvgIpc) is 3.11. The van der Waals surface area contributed by atoms with Gasteiger partial charge in [-0.1, -0.05) is 30.0 Å². The van der Waals surface area contributed by atoms with Crippen molar-refractivity contribution in [1.29, 1.82) is 0 Å². The van der Waals surface area contributed by atoms with Crippen molar-refractivity contribution in [3.8, 4) is 0 Å². The summed E-state index contributed by atoms with van der Waals surface area (Å²) in [5.74, 6) is 0.580. The van der Waals surface area contributed by atoms with Crippen molar-refractivity contribution in [1.82, 2.24) is 29.4 Å². The zero-order valence-corrected chi connectivity index (χ0v) is 14.2. The van der Waals surface area contributed by atoms with E-state index in [2.05, 4.69) is 34.1 Å². The summed E-state index contributed by atoms with van der Waals surface area (Å²) in [4.78, 5) is 17.3. The molecule has 0 aromatic carbocycles. The molecule has 3 aromatic heterocycles. The summed E-state index contributed by atoms with van der Waals surface area (Å²) in [5, 5.41) is 14.0. The molecule has 22 heavy (non-hydrogen) atoms. The van der Waals surface area contributed by atoms with E-state index in [1.54, 1.807) is 6.33 Å². The van der Waals surface area contributed by atoms with Gasteiger partial charge in [0.15, 0.2) is 5.16 Å².